The number of nitrogens with two attached hydrogens (primary N) is 4. The van der Waals surface area contributed by atoms with Gasteiger partial charge in [-0.3, -0.25) is 9.59 Å². The summed E-state index contributed by atoms with van der Waals surface area (Å²) in [5, 5.41) is 0. The molecule has 0 heterocycles. The summed E-state index contributed by atoms with van der Waals surface area (Å²) in [4.78, 5) is 26.8. The first-order chi connectivity index (χ1) is 19.2. The average molecular weight is 545 g/mol. The molecule has 2 fully saturated rings. The van der Waals surface area contributed by atoms with Crippen molar-refractivity contribution in [2.45, 2.75) is 82.7 Å². The van der Waals surface area contributed by atoms with Gasteiger partial charge in [0, 0.05) is 18.0 Å². The number of amides is 2. The molecule has 2 aliphatic carbocycles. The summed E-state index contributed by atoms with van der Waals surface area (Å²) < 4.78 is 0. The molecule has 2 amide bonds. The van der Waals surface area contributed by atoms with E-state index >= 15 is 0 Å². The van der Waals surface area contributed by atoms with Crippen molar-refractivity contribution in [1.82, 2.24) is 0 Å². The Morgan fingerprint density at radius 3 is 1.90 bits per heavy atom. The molecule has 0 bridgehead atoms. The lowest BCUT2D eigenvalue weighted by atomic mass is 9.51. The number of hydrogen-bond acceptors (Lipinski definition) is 4. The van der Waals surface area contributed by atoms with Crippen LogP contribution in [0.25, 0.3) is 0 Å². The maximum Gasteiger partial charge on any atom is 0.224 e. The van der Waals surface area contributed by atoms with Crippen LogP contribution in [-0.4, -0.2) is 23.9 Å². The summed E-state index contributed by atoms with van der Waals surface area (Å²) in [6, 6.07) is 19.8. The maximum absolute atomic E-state index is 14.1. The average Bonchev–Trinajstić information content (AvgIpc) is 2.94. The van der Waals surface area contributed by atoms with Crippen LogP contribution in [0, 0.1) is 29.1 Å². The third kappa shape index (κ3) is 6.67. The van der Waals surface area contributed by atoms with E-state index in [-0.39, 0.29) is 41.7 Å². The van der Waals surface area contributed by atoms with Crippen LogP contribution in [0.15, 0.2) is 72.8 Å². The van der Waals surface area contributed by atoms with Gasteiger partial charge in [0.1, 0.15) is 0 Å². The lowest BCUT2D eigenvalue weighted by Gasteiger charge is -2.53. The van der Waals surface area contributed by atoms with Gasteiger partial charge in [-0.05, 0) is 73.8 Å². The Hall–Kier alpha value is -2.96. The molecule has 2 saturated carbocycles. The molecule has 0 aliphatic heterocycles. The third-order valence-electron chi connectivity index (χ3n) is 9.81. The van der Waals surface area contributed by atoms with Gasteiger partial charge in [-0.2, -0.15) is 0 Å². The summed E-state index contributed by atoms with van der Waals surface area (Å²) in [7, 11) is 0. The van der Waals surface area contributed by atoms with Gasteiger partial charge >= 0.3 is 0 Å². The molecule has 2 aromatic carbocycles. The van der Waals surface area contributed by atoms with Crippen molar-refractivity contribution in [2.75, 3.05) is 0 Å². The summed E-state index contributed by atoms with van der Waals surface area (Å²) in [5.41, 5.74) is 28.3. The number of allylic oxidation sites excluding steroid dienone is 1. The van der Waals surface area contributed by atoms with Crippen LogP contribution in [0.3, 0.4) is 0 Å². The molecule has 40 heavy (non-hydrogen) atoms. The van der Waals surface area contributed by atoms with Crippen LogP contribution in [0.2, 0.25) is 0 Å². The van der Waals surface area contributed by atoms with Crippen LogP contribution in [0.1, 0.15) is 68.9 Å². The van der Waals surface area contributed by atoms with Crippen LogP contribution < -0.4 is 22.9 Å². The van der Waals surface area contributed by atoms with E-state index in [4.69, 9.17) is 22.9 Å². The molecule has 0 radical (unpaired) electrons. The Morgan fingerprint density at radius 2 is 1.35 bits per heavy atom. The van der Waals surface area contributed by atoms with Crippen molar-refractivity contribution in [2.24, 2.45) is 52.0 Å². The lowest BCUT2D eigenvalue weighted by Crippen LogP contribution is -2.60. The van der Waals surface area contributed by atoms with E-state index in [2.05, 4.69) is 18.7 Å². The zero-order chi connectivity index (χ0) is 28.7. The third-order valence-corrected chi connectivity index (χ3v) is 9.81. The molecule has 7 unspecified atom stereocenters. The Labute approximate surface area is 239 Å². The fraction of sp³-hybridized carbons (Fsp3) is 0.529. The topological polar surface area (TPSA) is 138 Å². The Balaban J connectivity index is 1.82. The van der Waals surface area contributed by atoms with Crippen molar-refractivity contribution < 1.29 is 9.59 Å². The van der Waals surface area contributed by atoms with Crippen molar-refractivity contribution >= 4 is 11.8 Å². The first-order valence-electron chi connectivity index (χ1n) is 15.1. The van der Waals surface area contributed by atoms with E-state index in [0.717, 1.165) is 68.1 Å². The van der Waals surface area contributed by atoms with Crippen molar-refractivity contribution in [3.63, 3.8) is 0 Å². The Morgan fingerprint density at radius 1 is 0.800 bits per heavy atom. The SMILES string of the molecule is C=C(CC(Cc1ccccc1)C(N)=O)C(C1CCCCC1N)C(Cc1ccccc1)(C(N)=O)C1CCCCC1N. The number of primary amides is 2. The second-order valence-electron chi connectivity index (χ2n) is 12.4. The molecule has 216 valence electrons. The zero-order valence-electron chi connectivity index (χ0n) is 23.8. The molecule has 4 rings (SSSR count). The monoisotopic (exact) mass is 544 g/mol. The van der Waals surface area contributed by atoms with Crippen molar-refractivity contribution in [3.05, 3.63) is 83.9 Å². The fourth-order valence-corrected chi connectivity index (χ4v) is 7.89. The molecule has 2 aliphatic rings. The first kappa shape index (κ1) is 30.0. The summed E-state index contributed by atoms with van der Waals surface area (Å²) in [5.74, 6) is -1.51. The van der Waals surface area contributed by atoms with Crippen molar-refractivity contribution in [3.8, 4) is 0 Å². The van der Waals surface area contributed by atoms with Gasteiger partial charge in [-0.25, -0.2) is 0 Å². The molecule has 0 spiro atoms. The summed E-state index contributed by atoms with van der Waals surface area (Å²) in [6.45, 7) is 4.63. The smallest absolute Gasteiger partial charge is 0.224 e. The van der Waals surface area contributed by atoms with E-state index in [1.54, 1.807) is 0 Å². The quantitative estimate of drug-likeness (QED) is 0.289. The molecule has 0 saturated heterocycles. The normalized spacial score (nSPS) is 26.2. The van der Waals surface area contributed by atoms with Gasteiger partial charge in [-0.1, -0.05) is 98.5 Å². The first-order valence-corrected chi connectivity index (χ1v) is 15.1. The molecular weight excluding hydrogens is 496 g/mol. The lowest BCUT2D eigenvalue weighted by molar-refractivity contribution is -0.139. The van der Waals surface area contributed by atoms with Crippen LogP contribution in [0.4, 0.5) is 0 Å². The standard InChI is InChI=1S/C34H48N4O2/c1-23(20-26(32(37)39)21-24-12-4-2-5-13-24)31(27-16-8-10-18-29(27)35)34(33(38)40,22-25-14-6-3-7-15-25)28-17-9-11-19-30(28)36/h2-7,12-15,26-31H,1,8-11,16-22,35-36H2,(H2,37,39)(H2,38,40). The molecule has 6 heteroatoms. The van der Waals surface area contributed by atoms with Gasteiger partial charge in [0.15, 0.2) is 0 Å². The highest BCUT2D eigenvalue weighted by Gasteiger charge is 2.56. The second-order valence-corrected chi connectivity index (χ2v) is 12.4. The van der Waals surface area contributed by atoms with E-state index in [1.165, 1.54) is 0 Å². The van der Waals surface area contributed by atoms with Crippen molar-refractivity contribution in [1.29, 1.82) is 0 Å². The minimum absolute atomic E-state index is 0.0249. The van der Waals surface area contributed by atoms with Gasteiger partial charge < -0.3 is 22.9 Å². The van der Waals surface area contributed by atoms with Gasteiger partial charge in [0.25, 0.3) is 0 Å². The summed E-state index contributed by atoms with van der Waals surface area (Å²) in [6.07, 6.45) is 9.06. The Kier molecular flexibility index (Phi) is 10.2. The van der Waals surface area contributed by atoms with E-state index in [9.17, 15) is 9.59 Å². The predicted molar refractivity (Wildman–Crippen MR) is 162 cm³/mol. The number of carbonyl (C=O) groups is 2. The molecule has 8 N–H and O–H groups in total. The minimum Gasteiger partial charge on any atom is -0.369 e. The van der Waals surface area contributed by atoms with Crippen LogP contribution in [0.5, 0.6) is 0 Å². The number of carbonyl (C=O) groups excluding carboxylic acids is 2. The Bertz CT molecular complexity index is 1140. The number of hydrogen-bond donors (Lipinski definition) is 4. The highest BCUT2D eigenvalue weighted by Crippen LogP contribution is 2.54. The number of benzene rings is 2. The zero-order valence-corrected chi connectivity index (χ0v) is 23.8. The maximum atomic E-state index is 14.1. The highest BCUT2D eigenvalue weighted by molar-refractivity contribution is 5.83. The van der Waals surface area contributed by atoms with E-state index < -0.39 is 11.3 Å². The molecule has 7 atom stereocenters. The second kappa shape index (κ2) is 13.6. The van der Waals surface area contributed by atoms with Crippen LogP contribution >= 0.6 is 0 Å². The molecular formula is C34H48N4O2. The number of rotatable bonds is 12. The summed E-state index contributed by atoms with van der Waals surface area (Å²) >= 11 is 0. The minimum atomic E-state index is -0.965. The largest absolute Gasteiger partial charge is 0.369 e. The van der Waals surface area contributed by atoms with Gasteiger partial charge in [0.05, 0.1) is 5.41 Å². The van der Waals surface area contributed by atoms with E-state index in [1.807, 2.05) is 48.5 Å². The van der Waals surface area contributed by atoms with E-state index in [0.29, 0.717) is 19.3 Å². The van der Waals surface area contributed by atoms with Gasteiger partial charge in [0.2, 0.25) is 11.8 Å². The molecule has 2 aromatic rings. The highest BCUT2D eigenvalue weighted by atomic mass is 16.1. The molecule has 0 aromatic heterocycles. The molecule has 6 nitrogen and oxygen atoms in total. The predicted octanol–water partition coefficient (Wildman–Crippen LogP) is 4.64. The van der Waals surface area contributed by atoms with Crippen LogP contribution in [-0.2, 0) is 22.4 Å². The van der Waals surface area contributed by atoms with Gasteiger partial charge in [-0.15, -0.1) is 0 Å². The fourth-order valence-electron chi connectivity index (χ4n) is 7.89.